The van der Waals surface area contributed by atoms with Crippen molar-refractivity contribution in [1.82, 2.24) is 20.4 Å². The molecule has 0 saturated carbocycles. The van der Waals surface area contributed by atoms with Crippen molar-refractivity contribution >= 4 is 5.91 Å². The van der Waals surface area contributed by atoms with Crippen molar-refractivity contribution < 1.29 is 4.79 Å². The normalized spacial score (nSPS) is 20.3. The number of hydrogen-bond donors (Lipinski definition) is 2. The maximum absolute atomic E-state index is 11.9. The number of amides is 1. The molecule has 0 aromatic carbocycles. The van der Waals surface area contributed by atoms with Crippen molar-refractivity contribution in [1.29, 1.82) is 0 Å². The number of likely N-dealkylation sites (N-methyl/N-ethyl adjacent to an activating group) is 1. The Kier molecular flexibility index (Phi) is 6.23. The third kappa shape index (κ3) is 6.89. The van der Waals surface area contributed by atoms with Crippen LogP contribution in [0.5, 0.6) is 0 Å². The van der Waals surface area contributed by atoms with Gasteiger partial charge in [0.2, 0.25) is 5.91 Å². The number of nitrogens with zero attached hydrogens (tertiary/aromatic N) is 2. The van der Waals surface area contributed by atoms with E-state index in [1.807, 2.05) is 27.7 Å². The van der Waals surface area contributed by atoms with Gasteiger partial charge in [0.25, 0.3) is 0 Å². The second-order valence-corrected chi connectivity index (χ2v) is 6.56. The third-order valence-electron chi connectivity index (χ3n) is 3.37. The Morgan fingerprint density at radius 1 is 1.21 bits per heavy atom. The maximum Gasteiger partial charge on any atom is 0.237 e. The van der Waals surface area contributed by atoms with Crippen LogP contribution in [0.2, 0.25) is 0 Å². The minimum absolute atomic E-state index is 0.0749. The summed E-state index contributed by atoms with van der Waals surface area (Å²) in [5, 5.41) is 6.29. The SMILES string of the molecule is CC(NCCN1CCN(C)CC1)C(=O)NC(C)(C)C. The van der Waals surface area contributed by atoms with Gasteiger partial charge in [0.15, 0.2) is 0 Å². The van der Waals surface area contributed by atoms with Crippen LogP contribution in [0, 0.1) is 0 Å². The summed E-state index contributed by atoms with van der Waals surface area (Å²) in [6, 6.07) is -0.133. The second-order valence-electron chi connectivity index (χ2n) is 6.56. The molecule has 0 radical (unpaired) electrons. The van der Waals surface area contributed by atoms with E-state index in [0.29, 0.717) is 0 Å². The molecule has 1 heterocycles. The highest BCUT2D eigenvalue weighted by Crippen LogP contribution is 2.00. The van der Waals surface area contributed by atoms with Crippen LogP contribution in [-0.2, 0) is 4.79 Å². The van der Waals surface area contributed by atoms with Gasteiger partial charge >= 0.3 is 0 Å². The molecule has 5 heteroatoms. The van der Waals surface area contributed by atoms with Crippen LogP contribution < -0.4 is 10.6 Å². The van der Waals surface area contributed by atoms with Gasteiger partial charge in [0.05, 0.1) is 6.04 Å². The predicted molar refractivity (Wildman–Crippen MR) is 79.3 cm³/mol. The van der Waals surface area contributed by atoms with Crippen LogP contribution in [0.25, 0.3) is 0 Å². The standard InChI is InChI=1S/C14H30N4O/c1-12(13(19)16-14(2,3)4)15-6-7-18-10-8-17(5)9-11-18/h12,15H,6-11H2,1-5H3,(H,16,19). The van der Waals surface area contributed by atoms with E-state index in [2.05, 4.69) is 27.5 Å². The van der Waals surface area contributed by atoms with Gasteiger partial charge in [-0.15, -0.1) is 0 Å². The Hall–Kier alpha value is -0.650. The first-order valence-electron chi connectivity index (χ1n) is 7.24. The van der Waals surface area contributed by atoms with Crippen LogP contribution in [0.1, 0.15) is 27.7 Å². The van der Waals surface area contributed by atoms with Crippen molar-refractivity contribution in [3.05, 3.63) is 0 Å². The highest BCUT2D eigenvalue weighted by molar-refractivity contribution is 5.81. The summed E-state index contributed by atoms with van der Waals surface area (Å²) in [6.45, 7) is 14.3. The molecule has 0 aromatic heterocycles. The number of rotatable bonds is 5. The molecule has 1 aliphatic rings. The molecule has 0 bridgehead atoms. The largest absolute Gasteiger partial charge is 0.350 e. The molecular formula is C14H30N4O. The van der Waals surface area contributed by atoms with E-state index in [9.17, 15) is 4.79 Å². The van der Waals surface area contributed by atoms with Gasteiger partial charge in [0.1, 0.15) is 0 Å². The van der Waals surface area contributed by atoms with Gasteiger partial charge in [-0.05, 0) is 34.7 Å². The molecule has 0 aliphatic carbocycles. The topological polar surface area (TPSA) is 47.6 Å². The molecular weight excluding hydrogens is 240 g/mol. The van der Waals surface area contributed by atoms with E-state index in [-0.39, 0.29) is 17.5 Å². The van der Waals surface area contributed by atoms with Gasteiger partial charge < -0.3 is 15.5 Å². The van der Waals surface area contributed by atoms with Crippen molar-refractivity contribution in [2.45, 2.75) is 39.3 Å². The summed E-state index contributed by atoms with van der Waals surface area (Å²) in [7, 11) is 2.16. The summed E-state index contributed by atoms with van der Waals surface area (Å²) in [5.41, 5.74) is -0.162. The minimum atomic E-state index is -0.162. The Balaban J connectivity index is 2.16. The first-order chi connectivity index (χ1) is 8.78. The van der Waals surface area contributed by atoms with Crippen LogP contribution in [0.15, 0.2) is 0 Å². The lowest BCUT2D eigenvalue weighted by atomic mass is 10.1. The lowest BCUT2D eigenvalue weighted by Crippen LogP contribution is -2.51. The molecule has 2 N–H and O–H groups in total. The average Bonchev–Trinajstić information content (AvgIpc) is 2.29. The van der Waals surface area contributed by atoms with E-state index in [0.717, 1.165) is 39.3 Å². The van der Waals surface area contributed by atoms with Gasteiger partial charge in [-0.2, -0.15) is 0 Å². The first-order valence-corrected chi connectivity index (χ1v) is 7.24. The van der Waals surface area contributed by atoms with E-state index >= 15 is 0 Å². The average molecular weight is 270 g/mol. The zero-order valence-electron chi connectivity index (χ0n) is 13.1. The van der Waals surface area contributed by atoms with Crippen LogP contribution >= 0.6 is 0 Å². The molecule has 1 unspecified atom stereocenters. The second kappa shape index (κ2) is 7.22. The number of hydrogen-bond acceptors (Lipinski definition) is 4. The number of carbonyl (C=O) groups is 1. The van der Waals surface area contributed by atoms with Crippen LogP contribution in [0.4, 0.5) is 0 Å². The summed E-state index contributed by atoms with van der Waals surface area (Å²) in [4.78, 5) is 16.7. The summed E-state index contributed by atoms with van der Waals surface area (Å²) in [6.07, 6.45) is 0. The smallest absolute Gasteiger partial charge is 0.237 e. The molecule has 0 aromatic rings. The van der Waals surface area contributed by atoms with E-state index in [4.69, 9.17) is 0 Å². The molecule has 5 nitrogen and oxygen atoms in total. The fraction of sp³-hybridized carbons (Fsp3) is 0.929. The summed E-state index contributed by atoms with van der Waals surface area (Å²) >= 11 is 0. The van der Waals surface area contributed by atoms with E-state index < -0.39 is 0 Å². The third-order valence-corrected chi connectivity index (χ3v) is 3.37. The quantitative estimate of drug-likeness (QED) is 0.745. The van der Waals surface area contributed by atoms with Crippen molar-refractivity contribution in [3.8, 4) is 0 Å². The van der Waals surface area contributed by atoms with Gasteiger partial charge in [-0.25, -0.2) is 0 Å². The first kappa shape index (κ1) is 16.4. The van der Waals surface area contributed by atoms with Gasteiger partial charge in [-0.1, -0.05) is 0 Å². The molecule has 1 rings (SSSR count). The lowest BCUT2D eigenvalue weighted by Gasteiger charge is -2.32. The Morgan fingerprint density at radius 3 is 2.32 bits per heavy atom. The summed E-state index contributed by atoms with van der Waals surface area (Å²) < 4.78 is 0. The molecule has 19 heavy (non-hydrogen) atoms. The number of nitrogens with one attached hydrogen (secondary N) is 2. The number of carbonyl (C=O) groups excluding carboxylic acids is 1. The highest BCUT2D eigenvalue weighted by atomic mass is 16.2. The van der Waals surface area contributed by atoms with Crippen molar-refractivity contribution in [3.63, 3.8) is 0 Å². The number of piperazine rings is 1. The Bertz CT molecular complexity index is 280. The van der Waals surface area contributed by atoms with Crippen LogP contribution in [-0.4, -0.2) is 73.6 Å². The van der Waals surface area contributed by atoms with Gasteiger partial charge in [-0.3, -0.25) is 9.69 Å². The van der Waals surface area contributed by atoms with Crippen molar-refractivity contribution in [2.24, 2.45) is 0 Å². The molecule has 1 fully saturated rings. The lowest BCUT2D eigenvalue weighted by molar-refractivity contribution is -0.124. The van der Waals surface area contributed by atoms with E-state index in [1.165, 1.54) is 0 Å². The van der Waals surface area contributed by atoms with Crippen molar-refractivity contribution in [2.75, 3.05) is 46.3 Å². The maximum atomic E-state index is 11.9. The summed E-state index contributed by atoms with van der Waals surface area (Å²) in [5.74, 6) is 0.0749. The zero-order chi connectivity index (χ0) is 14.5. The Labute approximate surface area is 117 Å². The highest BCUT2D eigenvalue weighted by Gasteiger charge is 2.19. The molecule has 0 spiro atoms. The monoisotopic (exact) mass is 270 g/mol. The molecule has 1 saturated heterocycles. The van der Waals surface area contributed by atoms with E-state index in [1.54, 1.807) is 0 Å². The van der Waals surface area contributed by atoms with Crippen LogP contribution in [0.3, 0.4) is 0 Å². The Morgan fingerprint density at radius 2 is 1.79 bits per heavy atom. The molecule has 112 valence electrons. The zero-order valence-corrected chi connectivity index (χ0v) is 13.1. The minimum Gasteiger partial charge on any atom is -0.350 e. The molecule has 1 atom stereocenters. The van der Waals surface area contributed by atoms with Gasteiger partial charge in [0, 0.05) is 44.8 Å². The fourth-order valence-corrected chi connectivity index (χ4v) is 2.08. The predicted octanol–water partition coefficient (Wildman–Crippen LogP) is 0.127. The molecule has 1 aliphatic heterocycles. The molecule has 1 amide bonds. The fourth-order valence-electron chi connectivity index (χ4n) is 2.08.